The molecule has 0 radical (unpaired) electrons. The highest BCUT2D eigenvalue weighted by atomic mass is 19.4. The van der Waals surface area contributed by atoms with Gasteiger partial charge in [-0.3, -0.25) is 4.79 Å². The molecule has 1 rings (SSSR count). The molecule has 0 fully saturated rings. The van der Waals surface area contributed by atoms with Crippen LogP contribution in [0.25, 0.3) is 0 Å². The maximum atomic E-state index is 12.4. The predicted octanol–water partition coefficient (Wildman–Crippen LogP) is 1.35. The normalized spacial score (nSPS) is 12.8. The Morgan fingerprint density at radius 2 is 2.14 bits per heavy atom. The summed E-state index contributed by atoms with van der Waals surface area (Å²) >= 11 is 0. The van der Waals surface area contributed by atoms with E-state index >= 15 is 0 Å². The molecule has 1 aromatic heterocycles. The fourth-order valence-corrected chi connectivity index (χ4v) is 1.64. The molecule has 0 bridgehead atoms. The number of amides is 1. The summed E-state index contributed by atoms with van der Waals surface area (Å²) in [7, 11) is 1.63. The second-order valence-corrected chi connectivity index (χ2v) is 4.74. The highest BCUT2D eigenvalue weighted by molar-refractivity contribution is 5.87. The lowest BCUT2D eigenvalue weighted by Gasteiger charge is -2.18. The highest BCUT2D eigenvalue weighted by Gasteiger charge is 2.41. The molecule has 1 atom stereocenters. The zero-order chi connectivity index (χ0) is 16.8. The van der Waals surface area contributed by atoms with Gasteiger partial charge in [0.05, 0.1) is 12.9 Å². The van der Waals surface area contributed by atoms with Gasteiger partial charge in [-0.1, -0.05) is 13.3 Å². The van der Waals surface area contributed by atoms with Gasteiger partial charge in [0.15, 0.2) is 0 Å². The van der Waals surface area contributed by atoms with Crippen molar-refractivity contribution in [2.45, 2.75) is 38.4 Å². The molecule has 0 saturated carbocycles. The number of esters is 1. The van der Waals surface area contributed by atoms with Crippen LogP contribution in [0.2, 0.25) is 0 Å². The first-order chi connectivity index (χ1) is 10.3. The van der Waals surface area contributed by atoms with E-state index in [0.717, 1.165) is 6.42 Å². The molecule has 0 aliphatic rings. The van der Waals surface area contributed by atoms with Crippen LogP contribution in [0.4, 0.5) is 13.2 Å². The van der Waals surface area contributed by atoms with Crippen molar-refractivity contribution in [2.24, 2.45) is 7.05 Å². The molecule has 0 aliphatic carbocycles. The van der Waals surface area contributed by atoms with E-state index in [-0.39, 0.29) is 13.0 Å². The molecular formula is C13H18F3N3O3. The van der Waals surface area contributed by atoms with Gasteiger partial charge in [0, 0.05) is 25.4 Å². The molecule has 124 valence electrons. The topological polar surface area (TPSA) is 73.2 Å². The second kappa shape index (κ2) is 7.81. The molecule has 6 nitrogen and oxygen atoms in total. The first kappa shape index (κ1) is 18.0. The number of imidazole rings is 1. The number of carbonyl (C=O) groups is 2. The van der Waals surface area contributed by atoms with Crippen LogP contribution in [0.1, 0.15) is 25.5 Å². The van der Waals surface area contributed by atoms with Crippen LogP contribution >= 0.6 is 0 Å². The fourth-order valence-electron chi connectivity index (χ4n) is 1.64. The zero-order valence-electron chi connectivity index (χ0n) is 12.3. The summed E-state index contributed by atoms with van der Waals surface area (Å²) in [5.74, 6) is -3.07. The van der Waals surface area contributed by atoms with Gasteiger partial charge in [-0.15, -0.1) is 0 Å². The van der Waals surface area contributed by atoms with Gasteiger partial charge < -0.3 is 14.6 Å². The minimum absolute atomic E-state index is 0.0963. The van der Waals surface area contributed by atoms with Crippen molar-refractivity contribution in [3.05, 3.63) is 18.2 Å². The standard InChI is InChI=1S/C13H18F3N3O3/c1-3-4-5-22-11(20)10(18-12(21)13(14,15)16)6-9-7-17-8-19(9)2/h7-8,10H,3-6H2,1-2H3,(H,18,21). The Hall–Kier alpha value is -2.06. The largest absolute Gasteiger partial charge is 0.471 e. The lowest BCUT2D eigenvalue weighted by atomic mass is 10.1. The van der Waals surface area contributed by atoms with E-state index in [0.29, 0.717) is 12.1 Å². The van der Waals surface area contributed by atoms with Crippen molar-refractivity contribution in [1.82, 2.24) is 14.9 Å². The van der Waals surface area contributed by atoms with Gasteiger partial charge in [-0.2, -0.15) is 13.2 Å². The summed E-state index contributed by atoms with van der Waals surface area (Å²) in [6, 6.07) is -1.42. The summed E-state index contributed by atoms with van der Waals surface area (Å²) in [4.78, 5) is 26.8. The van der Waals surface area contributed by atoms with E-state index in [1.165, 1.54) is 12.5 Å². The summed E-state index contributed by atoms with van der Waals surface area (Å²) in [5.41, 5.74) is 0.500. The van der Waals surface area contributed by atoms with E-state index < -0.39 is 24.1 Å². The average molecular weight is 321 g/mol. The first-order valence-electron chi connectivity index (χ1n) is 6.75. The molecule has 0 aliphatic heterocycles. The maximum absolute atomic E-state index is 12.4. The summed E-state index contributed by atoms with van der Waals surface area (Å²) in [5, 5.41) is 1.67. The lowest BCUT2D eigenvalue weighted by molar-refractivity contribution is -0.175. The number of halogens is 3. The minimum Gasteiger partial charge on any atom is -0.464 e. The minimum atomic E-state index is -5.06. The molecular weight excluding hydrogens is 303 g/mol. The molecule has 0 spiro atoms. The van der Waals surface area contributed by atoms with Crippen molar-refractivity contribution in [2.75, 3.05) is 6.61 Å². The number of nitrogens with zero attached hydrogens (tertiary/aromatic N) is 2. The smallest absolute Gasteiger partial charge is 0.464 e. The molecule has 22 heavy (non-hydrogen) atoms. The Kier molecular flexibility index (Phi) is 6.39. The predicted molar refractivity (Wildman–Crippen MR) is 70.8 cm³/mol. The number of alkyl halides is 3. The van der Waals surface area contributed by atoms with Gasteiger partial charge in [-0.05, 0) is 6.42 Å². The van der Waals surface area contributed by atoms with Gasteiger partial charge >= 0.3 is 18.1 Å². The number of hydrogen-bond acceptors (Lipinski definition) is 4. The number of rotatable bonds is 7. The molecule has 9 heteroatoms. The molecule has 0 aromatic carbocycles. The number of aromatic nitrogens is 2. The number of unbranched alkanes of at least 4 members (excludes halogenated alkanes) is 1. The monoisotopic (exact) mass is 321 g/mol. The Morgan fingerprint density at radius 3 is 2.64 bits per heavy atom. The van der Waals surface area contributed by atoms with Crippen LogP contribution < -0.4 is 5.32 Å². The van der Waals surface area contributed by atoms with Gasteiger partial charge in [0.2, 0.25) is 0 Å². The Morgan fingerprint density at radius 1 is 1.45 bits per heavy atom. The van der Waals surface area contributed by atoms with Gasteiger partial charge in [-0.25, -0.2) is 9.78 Å². The number of carbonyl (C=O) groups excluding carboxylic acids is 2. The Labute approximate surface area is 125 Å². The fraction of sp³-hybridized carbons (Fsp3) is 0.615. The van der Waals surface area contributed by atoms with Crippen molar-refractivity contribution < 1.29 is 27.5 Å². The Balaban J connectivity index is 2.78. The first-order valence-corrected chi connectivity index (χ1v) is 6.75. The average Bonchev–Trinajstić information content (AvgIpc) is 2.82. The third kappa shape index (κ3) is 5.38. The molecule has 1 unspecified atom stereocenters. The lowest BCUT2D eigenvalue weighted by Crippen LogP contribution is -2.48. The number of hydrogen-bond donors (Lipinski definition) is 1. The van der Waals surface area contributed by atoms with Crippen molar-refractivity contribution in [3.8, 4) is 0 Å². The van der Waals surface area contributed by atoms with Crippen LogP contribution in [0.15, 0.2) is 12.5 Å². The number of nitrogens with one attached hydrogen (secondary N) is 1. The zero-order valence-corrected chi connectivity index (χ0v) is 12.3. The van der Waals surface area contributed by atoms with Gasteiger partial charge in [0.1, 0.15) is 6.04 Å². The molecule has 0 saturated heterocycles. The third-order valence-electron chi connectivity index (χ3n) is 2.92. The van der Waals surface area contributed by atoms with E-state index in [9.17, 15) is 22.8 Å². The van der Waals surface area contributed by atoms with Crippen LogP contribution in [0.3, 0.4) is 0 Å². The van der Waals surface area contributed by atoms with E-state index in [4.69, 9.17) is 4.74 Å². The SMILES string of the molecule is CCCCOC(=O)C(Cc1cncn1C)NC(=O)C(F)(F)F. The molecule has 1 N–H and O–H groups in total. The number of ether oxygens (including phenoxy) is 1. The van der Waals surface area contributed by atoms with Crippen LogP contribution in [0.5, 0.6) is 0 Å². The quantitative estimate of drug-likeness (QED) is 0.608. The van der Waals surface area contributed by atoms with Gasteiger partial charge in [0.25, 0.3) is 0 Å². The summed E-state index contributed by atoms with van der Waals surface area (Å²) in [6.45, 7) is 1.98. The molecule has 1 aromatic rings. The molecule has 1 amide bonds. The van der Waals surface area contributed by atoms with Crippen LogP contribution in [-0.2, 0) is 27.8 Å². The van der Waals surface area contributed by atoms with Crippen molar-refractivity contribution >= 4 is 11.9 Å². The molecule has 1 heterocycles. The van der Waals surface area contributed by atoms with Crippen molar-refractivity contribution in [3.63, 3.8) is 0 Å². The van der Waals surface area contributed by atoms with E-state index in [1.54, 1.807) is 16.9 Å². The Bertz CT molecular complexity index is 514. The highest BCUT2D eigenvalue weighted by Crippen LogP contribution is 2.15. The van der Waals surface area contributed by atoms with E-state index in [2.05, 4.69) is 4.98 Å². The number of aryl methyl sites for hydroxylation is 1. The van der Waals surface area contributed by atoms with Crippen molar-refractivity contribution in [1.29, 1.82) is 0 Å². The summed E-state index contributed by atoms with van der Waals surface area (Å²) in [6.07, 6.45) is -0.976. The second-order valence-electron chi connectivity index (χ2n) is 4.74. The van der Waals surface area contributed by atoms with Crippen LogP contribution in [0, 0.1) is 0 Å². The summed E-state index contributed by atoms with van der Waals surface area (Å²) < 4.78 is 43.5. The van der Waals surface area contributed by atoms with Crippen LogP contribution in [-0.4, -0.2) is 40.3 Å². The van der Waals surface area contributed by atoms with E-state index in [1.807, 2.05) is 6.92 Å². The maximum Gasteiger partial charge on any atom is 0.471 e. The third-order valence-corrected chi connectivity index (χ3v) is 2.92.